The van der Waals surface area contributed by atoms with Crippen LogP contribution in [0.2, 0.25) is 0 Å². The molecule has 2 aromatic rings. The zero-order valence-corrected chi connectivity index (χ0v) is 11.2. The Labute approximate surface area is 112 Å². The van der Waals surface area contributed by atoms with Crippen LogP contribution in [0.4, 0.5) is 11.4 Å². The number of benzene rings is 1. The molecule has 6 nitrogen and oxygen atoms in total. The Bertz CT molecular complexity index is 627. The minimum atomic E-state index is -3.23. The van der Waals surface area contributed by atoms with E-state index in [-0.39, 0.29) is 0 Å². The maximum absolute atomic E-state index is 11.1. The van der Waals surface area contributed by atoms with Crippen molar-refractivity contribution in [2.45, 2.75) is 6.54 Å². The van der Waals surface area contributed by atoms with E-state index < -0.39 is 10.0 Å². The second-order valence-corrected chi connectivity index (χ2v) is 5.75. The smallest absolute Gasteiger partial charge is 0.229 e. The van der Waals surface area contributed by atoms with Crippen LogP contribution in [0.5, 0.6) is 0 Å². The molecule has 1 aromatic heterocycles. The van der Waals surface area contributed by atoms with Crippen LogP contribution in [-0.4, -0.2) is 24.6 Å². The first-order valence-corrected chi connectivity index (χ1v) is 7.49. The fourth-order valence-corrected chi connectivity index (χ4v) is 2.05. The molecule has 2 rings (SSSR count). The van der Waals surface area contributed by atoms with Crippen molar-refractivity contribution in [1.29, 1.82) is 0 Å². The molecule has 1 heterocycles. The van der Waals surface area contributed by atoms with Crippen LogP contribution in [-0.2, 0) is 16.6 Å². The third kappa shape index (κ3) is 4.55. The van der Waals surface area contributed by atoms with Gasteiger partial charge in [0.25, 0.3) is 0 Å². The van der Waals surface area contributed by atoms with E-state index in [1.54, 1.807) is 42.9 Å². The van der Waals surface area contributed by atoms with E-state index in [9.17, 15) is 8.42 Å². The van der Waals surface area contributed by atoms with Gasteiger partial charge in [0.2, 0.25) is 10.0 Å². The lowest BCUT2D eigenvalue weighted by atomic mass is 10.3. The lowest BCUT2D eigenvalue weighted by Gasteiger charge is -2.07. The van der Waals surface area contributed by atoms with Gasteiger partial charge in [-0.25, -0.2) is 8.42 Å². The van der Waals surface area contributed by atoms with Gasteiger partial charge in [-0.3, -0.25) is 14.7 Å². The van der Waals surface area contributed by atoms with Gasteiger partial charge in [-0.2, -0.15) is 0 Å². The number of hydrogen-bond acceptors (Lipinski definition) is 5. The molecule has 1 aromatic carbocycles. The minimum absolute atomic E-state index is 0.535. The van der Waals surface area contributed by atoms with Crippen LogP contribution in [0.15, 0.2) is 42.9 Å². The van der Waals surface area contributed by atoms with Crippen LogP contribution in [0, 0.1) is 0 Å². The molecule has 0 saturated carbocycles. The third-order valence-corrected chi connectivity index (χ3v) is 2.88. The fraction of sp³-hybridized carbons (Fsp3) is 0.167. The molecule has 7 heteroatoms. The zero-order valence-electron chi connectivity index (χ0n) is 10.4. The van der Waals surface area contributed by atoms with Gasteiger partial charge >= 0.3 is 0 Å². The summed E-state index contributed by atoms with van der Waals surface area (Å²) in [6.07, 6.45) is 6.06. The highest BCUT2D eigenvalue weighted by atomic mass is 32.2. The van der Waals surface area contributed by atoms with Crippen LogP contribution in [0.1, 0.15) is 5.69 Å². The van der Waals surface area contributed by atoms with Gasteiger partial charge in [-0.15, -0.1) is 0 Å². The molecule has 2 N–H and O–H groups in total. The maximum atomic E-state index is 11.1. The Morgan fingerprint density at radius 2 is 1.79 bits per heavy atom. The van der Waals surface area contributed by atoms with Crippen molar-refractivity contribution < 1.29 is 8.42 Å². The van der Waals surface area contributed by atoms with Crippen molar-refractivity contribution in [3.8, 4) is 0 Å². The first kappa shape index (κ1) is 13.3. The highest BCUT2D eigenvalue weighted by Crippen LogP contribution is 2.14. The van der Waals surface area contributed by atoms with Crippen molar-refractivity contribution in [3.63, 3.8) is 0 Å². The van der Waals surface area contributed by atoms with Gasteiger partial charge in [-0.05, 0) is 24.3 Å². The summed E-state index contributed by atoms with van der Waals surface area (Å²) in [6.45, 7) is 0.562. The molecular weight excluding hydrogens is 264 g/mol. The molecule has 0 fully saturated rings. The number of nitrogens with one attached hydrogen (secondary N) is 2. The average Bonchev–Trinajstić information content (AvgIpc) is 2.37. The summed E-state index contributed by atoms with van der Waals surface area (Å²) in [7, 11) is -3.23. The van der Waals surface area contributed by atoms with Crippen molar-refractivity contribution >= 4 is 21.4 Å². The summed E-state index contributed by atoms with van der Waals surface area (Å²) in [4.78, 5) is 8.12. The molecule has 0 radical (unpaired) electrons. The predicted octanol–water partition coefficient (Wildman–Crippen LogP) is 1.46. The first-order valence-electron chi connectivity index (χ1n) is 5.59. The average molecular weight is 278 g/mol. The number of nitrogens with zero attached hydrogens (tertiary/aromatic N) is 2. The third-order valence-electron chi connectivity index (χ3n) is 2.28. The number of aromatic nitrogens is 2. The van der Waals surface area contributed by atoms with Crippen molar-refractivity contribution in [1.82, 2.24) is 9.97 Å². The van der Waals surface area contributed by atoms with Crippen LogP contribution < -0.4 is 10.0 Å². The van der Waals surface area contributed by atoms with Crippen LogP contribution in [0.3, 0.4) is 0 Å². The number of sulfonamides is 1. The molecule has 19 heavy (non-hydrogen) atoms. The van der Waals surface area contributed by atoms with Gasteiger partial charge in [0.05, 0.1) is 24.7 Å². The minimum Gasteiger partial charge on any atom is -0.379 e. The molecule has 0 unspecified atom stereocenters. The molecular formula is C12H14N4O2S. The van der Waals surface area contributed by atoms with Crippen LogP contribution >= 0.6 is 0 Å². The van der Waals surface area contributed by atoms with E-state index in [4.69, 9.17) is 0 Å². The highest BCUT2D eigenvalue weighted by molar-refractivity contribution is 7.92. The molecule has 0 aliphatic rings. The van der Waals surface area contributed by atoms with Gasteiger partial charge in [0.15, 0.2) is 0 Å². The molecule has 0 aliphatic heterocycles. The predicted molar refractivity (Wildman–Crippen MR) is 74.3 cm³/mol. The zero-order chi connectivity index (χ0) is 13.7. The molecule has 0 bridgehead atoms. The quantitative estimate of drug-likeness (QED) is 0.865. The molecule has 0 aliphatic carbocycles. The van der Waals surface area contributed by atoms with Gasteiger partial charge < -0.3 is 5.32 Å². The van der Waals surface area contributed by atoms with Crippen LogP contribution in [0.25, 0.3) is 0 Å². The van der Waals surface area contributed by atoms with E-state index in [0.717, 1.165) is 17.6 Å². The van der Waals surface area contributed by atoms with Crippen molar-refractivity contribution in [2.75, 3.05) is 16.3 Å². The maximum Gasteiger partial charge on any atom is 0.229 e. The van der Waals surface area contributed by atoms with E-state index in [1.165, 1.54) is 0 Å². The van der Waals surface area contributed by atoms with E-state index in [0.29, 0.717) is 12.2 Å². The Kier molecular flexibility index (Phi) is 3.96. The van der Waals surface area contributed by atoms with E-state index in [2.05, 4.69) is 20.0 Å². The molecule has 0 saturated heterocycles. The Hall–Kier alpha value is -2.15. The summed E-state index contributed by atoms with van der Waals surface area (Å²) in [5, 5.41) is 3.17. The summed E-state index contributed by atoms with van der Waals surface area (Å²) in [5.74, 6) is 0. The summed E-state index contributed by atoms with van der Waals surface area (Å²) < 4.78 is 24.5. The monoisotopic (exact) mass is 278 g/mol. The van der Waals surface area contributed by atoms with Gasteiger partial charge in [-0.1, -0.05) is 0 Å². The summed E-state index contributed by atoms with van der Waals surface area (Å²) in [6, 6.07) is 6.98. The van der Waals surface area contributed by atoms with Gasteiger partial charge in [0.1, 0.15) is 0 Å². The largest absolute Gasteiger partial charge is 0.379 e. The normalized spacial score (nSPS) is 11.0. The second-order valence-electron chi connectivity index (χ2n) is 4.00. The van der Waals surface area contributed by atoms with E-state index in [1.807, 2.05) is 0 Å². The molecule has 0 amide bonds. The summed E-state index contributed by atoms with van der Waals surface area (Å²) >= 11 is 0. The standard InChI is InChI=1S/C12H14N4O2S/c1-19(17,18)16-11-4-2-10(3-5-11)15-9-12-8-13-6-7-14-12/h2-8,15-16H,9H2,1H3. The fourth-order valence-electron chi connectivity index (χ4n) is 1.48. The number of anilines is 2. The second kappa shape index (κ2) is 5.66. The summed E-state index contributed by atoms with van der Waals surface area (Å²) in [5.41, 5.74) is 2.25. The SMILES string of the molecule is CS(=O)(=O)Nc1ccc(NCc2cnccn2)cc1. The number of rotatable bonds is 5. The Morgan fingerprint density at radius 3 is 2.37 bits per heavy atom. The molecule has 0 atom stereocenters. The molecule has 100 valence electrons. The lowest BCUT2D eigenvalue weighted by molar-refractivity contribution is 0.607. The van der Waals surface area contributed by atoms with Crippen molar-refractivity contribution in [2.24, 2.45) is 0 Å². The first-order chi connectivity index (χ1) is 9.03. The Balaban J connectivity index is 1.96. The van der Waals surface area contributed by atoms with Crippen molar-refractivity contribution in [3.05, 3.63) is 48.5 Å². The number of hydrogen-bond donors (Lipinski definition) is 2. The topological polar surface area (TPSA) is 84.0 Å². The highest BCUT2D eigenvalue weighted by Gasteiger charge is 2.01. The van der Waals surface area contributed by atoms with Gasteiger partial charge in [0, 0.05) is 23.8 Å². The molecule has 0 spiro atoms. The Morgan fingerprint density at radius 1 is 1.11 bits per heavy atom. The van der Waals surface area contributed by atoms with E-state index >= 15 is 0 Å². The lowest BCUT2D eigenvalue weighted by Crippen LogP contribution is -2.09.